The fourth-order valence-electron chi connectivity index (χ4n) is 3.10. The van der Waals surface area contributed by atoms with Crippen LogP contribution in [0.1, 0.15) is 77.8 Å². The zero-order chi connectivity index (χ0) is 26.1. The fourth-order valence-corrected chi connectivity index (χ4v) is 3.10. The summed E-state index contributed by atoms with van der Waals surface area (Å²) in [5.74, 6) is 1.64. The number of aliphatic hydroxyl groups excluding tert-OH is 2. The highest BCUT2D eigenvalue weighted by Gasteiger charge is 2.07. The second kappa shape index (κ2) is 17.7. The molecule has 2 rings (SSSR count). The van der Waals surface area contributed by atoms with Crippen LogP contribution in [0, 0.1) is 12.8 Å². The smallest absolute Gasteiger partial charge is 0.152 e. The molecule has 2 aromatic carbocycles. The highest BCUT2D eigenvalue weighted by Crippen LogP contribution is 2.27. The van der Waals surface area contributed by atoms with Gasteiger partial charge in [0, 0.05) is 6.61 Å². The largest absolute Gasteiger partial charge is 0.512 e. The predicted octanol–water partition coefficient (Wildman–Crippen LogP) is 9.05. The van der Waals surface area contributed by atoms with E-state index in [0.717, 1.165) is 78.0 Å². The molecule has 0 amide bonds. The van der Waals surface area contributed by atoms with Gasteiger partial charge < -0.3 is 19.7 Å². The van der Waals surface area contributed by atoms with E-state index < -0.39 is 0 Å². The molecule has 0 bridgehead atoms. The summed E-state index contributed by atoms with van der Waals surface area (Å²) in [5, 5.41) is 19.3. The molecule has 0 spiro atoms. The van der Waals surface area contributed by atoms with Crippen molar-refractivity contribution in [3.63, 3.8) is 0 Å². The highest BCUT2D eigenvalue weighted by molar-refractivity contribution is 5.71. The lowest BCUT2D eigenvalue weighted by Crippen LogP contribution is -2.06. The third-order valence-corrected chi connectivity index (χ3v) is 5.71. The molecule has 4 heteroatoms. The molecule has 35 heavy (non-hydrogen) atoms. The minimum absolute atomic E-state index is 0.0716. The molecule has 0 aliphatic rings. The number of benzene rings is 2. The van der Waals surface area contributed by atoms with Crippen molar-refractivity contribution in [1.29, 1.82) is 0 Å². The van der Waals surface area contributed by atoms with Crippen molar-refractivity contribution in [1.82, 2.24) is 0 Å². The SMILES string of the molecule is CCC(C)C.CCCC/C(=C\c1cc(-c2ccc(OCCOCCC)cc2)ccc1C)C(O)=CO. The van der Waals surface area contributed by atoms with Crippen LogP contribution in [0.4, 0.5) is 0 Å². The molecule has 2 N–H and O–H groups in total. The number of ether oxygens (including phenoxy) is 2. The van der Waals surface area contributed by atoms with Gasteiger partial charge >= 0.3 is 0 Å². The van der Waals surface area contributed by atoms with Crippen LogP contribution in [0.3, 0.4) is 0 Å². The fraction of sp³-hybridized carbons (Fsp3) is 0.484. The van der Waals surface area contributed by atoms with E-state index in [1.54, 1.807) is 0 Å². The molecule has 0 unspecified atom stereocenters. The average Bonchev–Trinajstić information content (AvgIpc) is 2.87. The number of rotatable bonds is 13. The van der Waals surface area contributed by atoms with Crippen LogP contribution >= 0.6 is 0 Å². The molecule has 0 fully saturated rings. The summed E-state index contributed by atoms with van der Waals surface area (Å²) in [6, 6.07) is 14.3. The van der Waals surface area contributed by atoms with E-state index in [1.165, 1.54) is 6.42 Å². The third-order valence-electron chi connectivity index (χ3n) is 5.71. The summed E-state index contributed by atoms with van der Waals surface area (Å²) in [5.41, 5.74) is 5.07. The molecule has 0 aliphatic carbocycles. The molecule has 194 valence electrons. The first-order valence-electron chi connectivity index (χ1n) is 13.0. The average molecular weight is 483 g/mol. The Bertz CT molecular complexity index is 895. The Morgan fingerprint density at radius 3 is 2.14 bits per heavy atom. The van der Waals surface area contributed by atoms with E-state index in [2.05, 4.69) is 52.8 Å². The van der Waals surface area contributed by atoms with Crippen LogP contribution in [0.2, 0.25) is 0 Å². The zero-order valence-electron chi connectivity index (χ0n) is 22.6. The van der Waals surface area contributed by atoms with Crippen molar-refractivity contribution in [3.8, 4) is 16.9 Å². The Morgan fingerprint density at radius 2 is 1.57 bits per heavy atom. The molecule has 0 saturated heterocycles. The van der Waals surface area contributed by atoms with Gasteiger partial charge in [-0.15, -0.1) is 0 Å². The zero-order valence-corrected chi connectivity index (χ0v) is 22.6. The standard InChI is InChI=1S/C26H34O4.C5H12/c1-4-6-7-23(26(28)19-27)18-24-17-22(9-8-20(24)3)21-10-12-25(13-11-21)30-16-15-29-14-5-2;1-4-5(2)3/h8-13,17-19,27-28H,4-7,14-16H2,1-3H3;5H,4H2,1-3H3/b23-18+,26-19?;. The maximum Gasteiger partial charge on any atom is 0.152 e. The molecular formula is C31H46O4. The van der Waals surface area contributed by atoms with Crippen LogP contribution in [0.5, 0.6) is 5.75 Å². The normalized spacial score (nSPS) is 11.9. The Kier molecular flexibility index (Phi) is 15.3. The number of hydrogen-bond acceptors (Lipinski definition) is 4. The van der Waals surface area contributed by atoms with Gasteiger partial charge in [0.25, 0.3) is 0 Å². The molecule has 2 aromatic rings. The van der Waals surface area contributed by atoms with E-state index in [9.17, 15) is 10.2 Å². The van der Waals surface area contributed by atoms with Gasteiger partial charge in [0.15, 0.2) is 5.76 Å². The lowest BCUT2D eigenvalue weighted by Gasteiger charge is -2.11. The number of aryl methyl sites for hydroxylation is 1. The van der Waals surface area contributed by atoms with Gasteiger partial charge in [-0.2, -0.15) is 0 Å². The van der Waals surface area contributed by atoms with Gasteiger partial charge in [0.1, 0.15) is 18.6 Å². The van der Waals surface area contributed by atoms with Gasteiger partial charge in [-0.05, 0) is 84.2 Å². The molecule has 0 heterocycles. The van der Waals surface area contributed by atoms with E-state index in [-0.39, 0.29) is 5.76 Å². The topological polar surface area (TPSA) is 58.9 Å². The lowest BCUT2D eigenvalue weighted by atomic mass is 9.96. The second-order valence-electron chi connectivity index (χ2n) is 9.15. The first-order chi connectivity index (χ1) is 16.9. The summed E-state index contributed by atoms with van der Waals surface area (Å²) < 4.78 is 11.2. The van der Waals surface area contributed by atoms with Crippen LogP contribution < -0.4 is 4.74 Å². The van der Waals surface area contributed by atoms with Gasteiger partial charge in [-0.1, -0.05) is 71.7 Å². The maximum atomic E-state index is 10.1. The van der Waals surface area contributed by atoms with Crippen molar-refractivity contribution in [2.24, 2.45) is 5.92 Å². The Balaban J connectivity index is 0.00000111. The van der Waals surface area contributed by atoms with Gasteiger partial charge in [-0.25, -0.2) is 0 Å². The monoisotopic (exact) mass is 482 g/mol. The van der Waals surface area contributed by atoms with Crippen molar-refractivity contribution in [3.05, 3.63) is 71.2 Å². The lowest BCUT2D eigenvalue weighted by molar-refractivity contribution is 0.101. The van der Waals surface area contributed by atoms with Crippen molar-refractivity contribution < 1.29 is 19.7 Å². The highest BCUT2D eigenvalue weighted by atomic mass is 16.5. The van der Waals surface area contributed by atoms with E-state index >= 15 is 0 Å². The Hall–Kier alpha value is -2.72. The number of unbranched alkanes of at least 4 members (excludes halogenated alkanes) is 1. The first-order valence-corrected chi connectivity index (χ1v) is 13.0. The van der Waals surface area contributed by atoms with E-state index in [1.807, 2.05) is 37.3 Å². The molecule has 0 saturated carbocycles. The maximum absolute atomic E-state index is 10.1. The summed E-state index contributed by atoms with van der Waals surface area (Å²) in [4.78, 5) is 0. The summed E-state index contributed by atoms with van der Waals surface area (Å²) >= 11 is 0. The minimum atomic E-state index is -0.0716. The third kappa shape index (κ3) is 12.0. The summed E-state index contributed by atoms with van der Waals surface area (Å²) in [7, 11) is 0. The predicted molar refractivity (Wildman–Crippen MR) is 149 cm³/mol. The Labute approximate surface area is 213 Å². The van der Waals surface area contributed by atoms with E-state index in [4.69, 9.17) is 9.47 Å². The van der Waals surface area contributed by atoms with Crippen molar-refractivity contribution in [2.45, 2.75) is 73.6 Å². The van der Waals surface area contributed by atoms with Crippen molar-refractivity contribution >= 4 is 6.08 Å². The Morgan fingerprint density at radius 1 is 0.914 bits per heavy atom. The quantitative estimate of drug-likeness (QED) is 0.170. The van der Waals surface area contributed by atoms with Gasteiger partial charge in [0.05, 0.1) is 6.61 Å². The van der Waals surface area contributed by atoms with Crippen LogP contribution in [0.25, 0.3) is 17.2 Å². The molecule has 0 aromatic heterocycles. The van der Waals surface area contributed by atoms with Gasteiger partial charge in [-0.3, -0.25) is 0 Å². The number of allylic oxidation sites excluding steroid dienone is 1. The van der Waals surface area contributed by atoms with Crippen molar-refractivity contribution in [2.75, 3.05) is 19.8 Å². The van der Waals surface area contributed by atoms with E-state index in [0.29, 0.717) is 13.2 Å². The first kappa shape index (κ1) is 30.3. The minimum Gasteiger partial charge on any atom is -0.512 e. The molecule has 0 radical (unpaired) electrons. The summed E-state index contributed by atoms with van der Waals surface area (Å²) in [6.45, 7) is 14.8. The van der Waals surface area contributed by atoms with Gasteiger partial charge in [0.2, 0.25) is 0 Å². The molecule has 4 nitrogen and oxygen atoms in total. The summed E-state index contributed by atoms with van der Waals surface area (Å²) in [6.07, 6.45) is 7.74. The number of hydrogen-bond donors (Lipinski definition) is 2. The van der Waals surface area contributed by atoms with Crippen LogP contribution in [0.15, 0.2) is 60.1 Å². The number of aliphatic hydroxyl groups is 2. The second-order valence-corrected chi connectivity index (χ2v) is 9.15. The molecule has 0 atom stereocenters. The molecular weight excluding hydrogens is 436 g/mol. The van der Waals surface area contributed by atoms with Crippen LogP contribution in [-0.4, -0.2) is 30.0 Å². The molecule has 0 aliphatic heterocycles. The van der Waals surface area contributed by atoms with Crippen LogP contribution in [-0.2, 0) is 4.74 Å².